The molecule has 0 saturated carbocycles. The predicted octanol–water partition coefficient (Wildman–Crippen LogP) is 4.79. The predicted molar refractivity (Wildman–Crippen MR) is 84.5 cm³/mol. The monoisotopic (exact) mass is 259 g/mol. The van der Waals surface area contributed by atoms with E-state index in [9.17, 15) is 0 Å². The van der Waals surface area contributed by atoms with Gasteiger partial charge in [-0.1, -0.05) is 72.8 Å². The van der Waals surface area contributed by atoms with Gasteiger partial charge in [-0.05, 0) is 23.3 Å². The minimum absolute atomic E-state index is 0.228. The summed E-state index contributed by atoms with van der Waals surface area (Å²) in [6.45, 7) is 0. The van der Waals surface area contributed by atoms with Crippen molar-refractivity contribution in [1.29, 1.82) is 0 Å². The van der Waals surface area contributed by atoms with E-state index >= 15 is 0 Å². The Balaban J connectivity index is 1.93. The molecular formula is C19H17N. The number of nitrogens with zero attached hydrogens (tertiary/aromatic N) is 1. The number of benzene rings is 2. The van der Waals surface area contributed by atoms with Gasteiger partial charge in [0.25, 0.3) is 0 Å². The van der Waals surface area contributed by atoms with E-state index in [2.05, 4.69) is 95.8 Å². The fourth-order valence-electron chi connectivity index (χ4n) is 2.33. The zero-order valence-corrected chi connectivity index (χ0v) is 11.3. The van der Waals surface area contributed by atoms with E-state index in [-0.39, 0.29) is 6.04 Å². The summed E-state index contributed by atoms with van der Waals surface area (Å²) in [5.41, 5.74) is 2.51. The Morgan fingerprint density at radius 3 is 1.95 bits per heavy atom. The van der Waals surface area contributed by atoms with Crippen LogP contribution in [0.2, 0.25) is 0 Å². The first-order chi connectivity index (χ1) is 9.93. The summed E-state index contributed by atoms with van der Waals surface area (Å²) >= 11 is 0. The Morgan fingerprint density at radius 2 is 1.30 bits per heavy atom. The van der Waals surface area contributed by atoms with E-state index in [0.717, 1.165) is 0 Å². The Bertz CT molecular complexity index is 652. The summed E-state index contributed by atoms with van der Waals surface area (Å²) in [5.74, 6) is 0. The first-order valence-corrected chi connectivity index (χ1v) is 6.84. The Hall–Kier alpha value is -2.54. The molecule has 0 radical (unpaired) electrons. The van der Waals surface area contributed by atoms with Gasteiger partial charge in [-0.3, -0.25) is 0 Å². The molecule has 0 saturated heterocycles. The molecule has 1 aromatic heterocycles. The lowest BCUT2D eigenvalue weighted by atomic mass is 10.1. The van der Waals surface area contributed by atoms with Gasteiger partial charge < -0.3 is 4.57 Å². The third-order valence-corrected chi connectivity index (χ3v) is 3.36. The molecule has 20 heavy (non-hydrogen) atoms. The molecule has 98 valence electrons. The molecule has 0 aliphatic rings. The molecule has 0 N–H and O–H groups in total. The molecule has 1 nitrogen and oxygen atoms in total. The van der Waals surface area contributed by atoms with E-state index in [4.69, 9.17) is 0 Å². The van der Waals surface area contributed by atoms with Crippen LogP contribution < -0.4 is 0 Å². The number of allylic oxidation sites excluding steroid dienone is 1. The van der Waals surface area contributed by atoms with Gasteiger partial charge in [-0.25, -0.2) is 0 Å². The van der Waals surface area contributed by atoms with Crippen molar-refractivity contribution in [3.8, 4) is 0 Å². The maximum Gasteiger partial charge on any atom is 0.0767 e. The van der Waals surface area contributed by atoms with Crippen molar-refractivity contribution in [2.75, 3.05) is 0 Å². The molecule has 3 rings (SSSR count). The van der Waals surface area contributed by atoms with Gasteiger partial charge in [0.15, 0.2) is 0 Å². The SMILES string of the molecule is C(=C\[C@H](c1ccccc1)n1cccc1)/c1ccccc1. The molecule has 0 fully saturated rings. The molecule has 3 aromatic rings. The molecule has 0 bridgehead atoms. The van der Waals surface area contributed by atoms with Crippen molar-refractivity contribution in [3.05, 3.63) is 102 Å². The second kappa shape index (κ2) is 6.07. The molecule has 0 aliphatic carbocycles. The van der Waals surface area contributed by atoms with Crippen LogP contribution >= 0.6 is 0 Å². The molecule has 0 spiro atoms. The summed E-state index contributed by atoms with van der Waals surface area (Å²) in [4.78, 5) is 0. The highest BCUT2D eigenvalue weighted by Crippen LogP contribution is 2.21. The van der Waals surface area contributed by atoms with Crippen molar-refractivity contribution in [2.45, 2.75) is 6.04 Å². The standard InChI is InChI=1S/C19H17N/c1-3-9-17(10-4-1)13-14-19(20-15-7-8-16-20)18-11-5-2-6-12-18/h1-16,19H/b14-13+/t19-/m1/s1. The highest BCUT2D eigenvalue weighted by atomic mass is 15.0. The van der Waals surface area contributed by atoms with Gasteiger partial charge in [0.2, 0.25) is 0 Å². The van der Waals surface area contributed by atoms with E-state index in [1.54, 1.807) is 0 Å². The summed E-state index contributed by atoms with van der Waals surface area (Å²) in [7, 11) is 0. The molecule has 1 heteroatoms. The van der Waals surface area contributed by atoms with Crippen molar-refractivity contribution < 1.29 is 0 Å². The lowest BCUT2D eigenvalue weighted by Crippen LogP contribution is -2.05. The fraction of sp³-hybridized carbons (Fsp3) is 0.0526. The quantitative estimate of drug-likeness (QED) is 0.634. The normalized spacial score (nSPS) is 12.6. The molecule has 1 heterocycles. The number of rotatable bonds is 4. The highest BCUT2D eigenvalue weighted by Gasteiger charge is 2.08. The summed E-state index contributed by atoms with van der Waals surface area (Å²) < 4.78 is 2.22. The molecule has 2 aromatic carbocycles. The minimum Gasteiger partial charge on any atom is -0.343 e. The first-order valence-electron chi connectivity index (χ1n) is 6.84. The maximum atomic E-state index is 2.24. The Kier molecular flexibility index (Phi) is 3.79. The van der Waals surface area contributed by atoms with Gasteiger partial charge in [0.1, 0.15) is 0 Å². The fourth-order valence-corrected chi connectivity index (χ4v) is 2.33. The average Bonchev–Trinajstić information content (AvgIpc) is 3.04. The van der Waals surface area contributed by atoms with Crippen LogP contribution in [0.5, 0.6) is 0 Å². The third-order valence-electron chi connectivity index (χ3n) is 3.36. The molecule has 0 amide bonds. The van der Waals surface area contributed by atoms with Crippen LogP contribution in [0.1, 0.15) is 17.2 Å². The van der Waals surface area contributed by atoms with Crippen LogP contribution in [0.25, 0.3) is 6.08 Å². The van der Waals surface area contributed by atoms with Gasteiger partial charge in [-0.15, -0.1) is 0 Å². The van der Waals surface area contributed by atoms with E-state index < -0.39 is 0 Å². The summed E-state index contributed by atoms with van der Waals surface area (Å²) in [5, 5.41) is 0. The number of hydrogen-bond acceptors (Lipinski definition) is 0. The van der Waals surface area contributed by atoms with E-state index in [1.807, 2.05) is 6.07 Å². The van der Waals surface area contributed by atoms with Crippen LogP contribution in [0.15, 0.2) is 91.3 Å². The molecular weight excluding hydrogens is 242 g/mol. The minimum atomic E-state index is 0.228. The van der Waals surface area contributed by atoms with Crippen LogP contribution in [-0.2, 0) is 0 Å². The molecule has 0 aliphatic heterocycles. The third kappa shape index (κ3) is 2.89. The van der Waals surface area contributed by atoms with Crippen LogP contribution in [0.4, 0.5) is 0 Å². The van der Waals surface area contributed by atoms with Crippen LogP contribution in [0, 0.1) is 0 Å². The molecule has 1 atom stereocenters. The highest BCUT2D eigenvalue weighted by molar-refractivity contribution is 5.50. The number of hydrogen-bond donors (Lipinski definition) is 0. The zero-order chi connectivity index (χ0) is 13.6. The lowest BCUT2D eigenvalue weighted by molar-refractivity contribution is 0.707. The van der Waals surface area contributed by atoms with E-state index in [1.165, 1.54) is 11.1 Å². The van der Waals surface area contributed by atoms with E-state index in [0.29, 0.717) is 0 Å². The largest absolute Gasteiger partial charge is 0.343 e. The summed E-state index contributed by atoms with van der Waals surface area (Å²) in [6, 6.07) is 25.3. The van der Waals surface area contributed by atoms with Gasteiger partial charge in [0, 0.05) is 12.4 Å². The average molecular weight is 259 g/mol. The van der Waals surface area contributed by atoms with Gasteiger partial charge in [-0.2, -0.15) is 0 Å². The van der Waals surface area contributed by atoms with Crippen molar-refractivity contribution in [1.82, 2.24) is 4.57 Å². The Morgan fingerprint density at radius 1 is 0.700 bits per heavy atom. The van der Waals surface area contributed by atoms with Crippen molar-refractivity contribution in [2.24, 2.45) is 0 Å². The Labute approximate surface area is 119 Å². The second-order valence-electron chi connectivity index (χ2n) is 4.76. The van der Waals surface area contributed by atoms with Crippen LogP contribution in [-0.4, -0.2) is 4.57 Å². The summed E-state index contributed by atoms with van der Waals surface area (Å²) in [6.07, 6.45) is 8.63. The topological polar surface area (TPSA) is 4.93 Å². The zero-order valence-electron chi connectivity index (χ0n) is 11.3. The smallest absolute Gasteiger partial charge is 0.0767 e. The first kappa shape index (κ1) is 12.5. The van der Waals surface area contributed by atoms with Crippen molar-refractivity contribution in [3.63, 3.8) is 0 Å². The maximum absolute atomic E-state index is 2.24. The van der Waals surface area contributed by atoms with Gasteiger partial charge in [0.05, 0.1) is 6.04 Å². The molecule has 0 unspecified atom stereocenters. The van der Waals surface area contributed by atoms with Crippen molar-refractivity contribution >= 4 is 6.08 Å². The van der Waals surface area contributed by atoms with Crippen LogP contribution in [0.3, 0.4) is 0 Å². The van der Waals surface area contributed by atoms with Gasteiger partial charge >= 0.3 is 0 Å². The lowest BCUT2D eigenvalue weighted by Gasteiger charge is -2.15. The second-order valence-corrected chi connectivity index (χ2v) is 4.76. The number of aromatic nitrogens is 1.